The lowest BCUT2D eigenvalue weighted by molar-refractivity contribution is 0.288. The number of phenolic OH excluding ortho intramolecular Hbond substituents is 1. The number of anilines is 1. The molecule has 1 aromatic carbocycles. The van der Waals surface area contributed by atoms with E-state index in [1.165, 1.54) is 5.56 Å². The number of hydrogen-bond donors (Lipinski definition) is 5. The summed E-state index contributed by atoms with van der Waals surface area (Å²) in [6.07, 6.45) is 2.94. The lowest BCUT2D eigenvalue weighted by Crippen LogP contribution is -2.54. The topological polar surface area (TPSA) is 76.5 Å². The van der Waals surface area contributed by atoms with Gasteiger partial charge in [0.05, 0.1) is 5.66 Å². The summed E-state index contributed by atoms with van der Waals surface area (Å²) in [6.45, 7) is 0.136. The highest BCUT2D eigenvalue weighted by Gasteiger charge is 2.37. The first kappa shape index (κ1) is 15.1. The molecule has 0 saturated carbocycles. The van der Waals surface area contributed by atoms with Crippen molar-refractivity contribution in [1.29, 1.82) is 0 Å². The molecule has 5 nitrogen and oxygen atoms in total. The lowest BCUT2D eigenvalue weighted by Gasteiger charge is -2.27. The first-order chi connectivity index (χ1) is 9.60. The number of rotatable bonds is 6. The number of aromatic hydroxyl groups is 1. The van der Waals surface area contributed by atoms with Crippen LogP contribution in [0, 0.1) is 0 Å². The quantitative estimate of drug-likeness (QED) is 0.493. The third-order valence-corrected chi connectivity index (χ3v) is 4.39. The average molecular weight is 279 g/mol. The van der Waals surface area contributed by atoms with Crippen LogP contribution >= 0.6 is 0 Å². The van der Waals surface area contributed by atoms with Gasteiger partial charge in [0.2, 0.25) is 0 Å². The first-order valence-corrected chi connectivity index (χ1v) is 7.13. The normalized spacial score (nSPS) is 16.2. The van der Waals surface area contributed by atoms with E-state index in [-0.39, 0.29) is 12.3 Å². The highest BCUT2D eigenvalue weighted by atomic mass is 16.3. The second-order valence-electron chi connectivity index (χ2n) is 5.40. The molecule has 0 unspecified atom stereocenters. The third kappa shape index (κ3) is 2.49. The fourth-order valence-corrected chi connectivity index (χ4v) is 3.07. The Kier molecular flexibility index (Phi) is 4.52. The van der Waals surface area contributed by atoms with Gasteiger partial charge in [-0.1, -0.05) is 0 Å². The monoisotopic (exact) mass is 279 g/mol. The van der Waals surface area contributed by atoms with Gasteiger partial charge in [-0.15, -0.1) is 0 Å². The third-order valence-electron chi connectivity index (χ3n) is 4.39. The number of fused-ring (bicyclic) bond motifs is 1. The maximum atomic E-state index is 10.6. The summed E-state index contributed by atoms with van der Waals surface area (Å²) in [4.78, 5) is 0. The van der Waals surface area contributed by atoms with Crippen LogP contribution in [0.3, 0.4) is 0 Å². The standard InChI is InChI=1S/C15H25N3O2/c1-16-13-7-10-8-15(17-2,18-3)9-12(10)14(20)11(13)5-4-6-19/h7,16-20H,4-6,8-9H2,1-3H3. The molecular weight excluding hydrogens is 254 g/mol. The molecule has 2 rings (SSSR count). The van der Waals surface area contributed by atoms with Crippen LogP contribution in [0.2, 0.25) is 0 Å². The number of likely N-dealkylation sites (N-methyl/N-ethyl adjacent to an activating group) is 2. The van der Waals surface area contributed by atoms with Crippen LogP contribution in [-0.4, -0.2) is 43.6 Å². The Labute approximate surface area is 120 Å². The van der Waals surface area contributed by atoms with E-state index in [9.17, 15) is 5.11 Å². The van der Waals surface area contributed by atoms with Gasteiger partial charge in [-0.25, -0.2) is 0 Å². The van der Waals surface area contributed by atoms with E-state index in [4.69, 9.17) is 5.11 Å². The molecule has 0 bridgehead atoms. The number of aliphatic hydroxyl groups is 1. The molecule has 0 amide bonds. The largest absolute Gasteiger partial charge is 0.507 e. The van der Waals surface area contributed by atoms with Crippen molar-refractivity contribution in [2.45, 2.75) is 31.3 Å². The number of benzene rings is 1. The molecule has 1 aliphatic carbocycles. The molecule has 0 saturated heterocycles. The second-order valence-corrected chi connectivity index (χ2v) is 5.40. The minimum atomic E-state index is -0.180. The van der Waals surface area contributed by atoms with Gasteiger partial charge in [-0.2, -0.15) is 0 Å². The van der Waals surface area contributed by atoms with Crippen LogP contribution in [0.25, 0.3) is 0 Å². The van der Waals surface area contributed by atoms with E-state index in [2.05, 4.69) is 22.0 Å². The molecule has 0 aromatic heterocycles. The summed E-state index contributed by atoms with van der Waals surface area (Å²) in [7, 11) is 5.73. The summed E-state index contributed by atoms with van der Waals surface area (Å²) < 4.78 is 0. The lowest BCUT2D eigenvalue weighted by atomic mass is 9.99. The Balaban J connectivity index is 2.42. The smallest absolute Gasteiger partial charge is 0.124 e. The Bertz CT molecular complexity index is 484. The molecule has 0 heterocycles. The Hall–Kier alpha value is -1.30. The zero-order valence-electron chi connectivity index (χ0n) is 12.5. The molecule has 0 radical (unpaired) electrons. The molecule has 1 aromatic rings. The van der Waals surface area contributed by atoms with Crippen molar-refractivity contribution < 1.29 is 10.2 Å². The number of aliphatic hydroxyl groups excluding tert-OH is 1. The van der Waals surface area contributed by atoms with Crippen LogP contribution in [0.1, 0.15) is 23.1 Å². The van der Waals surface area contributed by atoms with Crippen molar-refractivity contribution in [2.75, 3.05) is 33.1 Å². The molecule has 112 valence electrons. The zero-order chi connectivity index (χ0) is 14.8. The minimum Gasteiger partial charge on any atom is -0.507 e. The van der Waals surface area contributed by atoms with Crippen LogP contribution < -0.4 is 16.0 Å². The Morgan fingerprint density at radius 2 is 1.90 bits per heavy atom. The van der Waals surface area contributed by atoms with Gasteiger partial charge in [-0.3, -0.25) is 0 Å². The predicted molar refractivity (Wildman–Crippen MR) is 81.3 cm³/mol. The summed E-state index contributed by atoms with van der Waals surface area (Å²) >= 11 is 0. The van der Waals surface area contributed by atoms with Gasteiger partial charge in [0, 0.05) is 43.3 Å². The van der Waals surface area contributed by atoms with Crippen LogP contribution in [0.15, 0.2) is 6.07 Å². The maximum absolute atomic E-state index is 10.6. The van der Waals surface area contributed by atoms with Gasteiger partial charge < -0.3 is 26.2 Å². The van der Waals surface area contributed by atoms with Crippen molar-refractivity contribution in [2.24, 2.45) is 0 Å². The molecule has 0 spiro atoms. The number of phenols is 1. The summed E-state index contributed by atoms with van der Waals surface area (Å²) in [5, 5.41) is 29.4. The van der Waals surface area contributed by atoms with Crippen LogP contribution in [0.5, 0.6) is 5.75 Å². The number of nitrogens with one attached hydrogen (secondary N) is 3. The highest BCUT2D eigenvalue weighted by molar-refractivity contribution is 5.64. The summed E-state index contributed by atoms with van der Waals surface area (Å²) in [5.41, 5.74) is 3.87. The van der Waals surface area contributed by atoms with Gasteiger partial charge in [0.15, 0.2) is 0 Å². The Morgan fingerprint density at radius 1 is 1.20 bits per heavy atom. The molecule has 0 atom stereocenters. The fraction of sp³-hybridized carbons (Fsp3) is 0.600. The number of hydrogen-bond acceptors (Lipinski definition) is 5. The zero-order valence-corrected chi connectivity index (χ0v) is 12.5. The Morgan fingerprint density at radius 3 is 2.45 bits per heavy atom. The van der Waals surface area contributed by atoms with Crippen molar-refractivity contribution >= 4 is 5.69 Å². The SMILES string of the molecule is CNc1cc2c(c(O)c1CCCO)CC(NC)(NC)C2. The van der Waals surface area contributed by atoms with Crippen molar-refractivity contribution in [3.8, 4) is 5.75 Å². The molecule has 1 aliphatic rings. The van der Waals surface area contributed by atoms with E-state index in [1.54, 1.807) is 0 Å². The van der Waals surface area contributed by atoms with E-state index in [0.29, 0.717) is 18.6 Å². The van der Waals surface area contributed by atoms with Crippen molar-refractivity contribution in [3.63, 3.8) is 0 Å². The molecule has 20 heavy (non-hydrogen) atoms. The van der Waals surface area contributed by atoms with Gasteiger partial charge >= 0.3 is 0 Å². The van der Waals surface area contributed by atoms with Crippen molar-refractivity contribution in [3.05, 3.63) is 22.8 Å². The first-order valence-electron chi connectivity index (χ1n) is 7.13. The van der Waals surface area contributed by atoms with Crippen molar-refractivity contribution in [1.82, 2.24) is 10.6 Å². The molecule has 5 N–H and O–H groups in total. The van der Waals surface area contributed by atoms with E-state index >= 15 is 0 Å². The van der Waals surface area contributed by atoms with E-state index in [1.807, 2.05) is 21.1 Å². The molecule has 0 fully saturated rings. The van der Waals surface area contributed by atoms with Crippen LogP contribution in [-0.2, 0) is 19.3 Å². The van der Waals surface area contributed by atoms with Gasteiger partial charge in [-0.05, 0) is 38.6 Å². The fourth-order valence-electron chi connectivity index (χ4n) is 3.07. The minimum absolute atomic E-state index is 0.136. The highest BCUT2D eigenvalue weighted by Crippen LogP contribution is 2.40. The predicted octanol–water partition coefficient (Wildman–Crippen LogP) is 0.592. The molecular formula is C15H25N3O2. The maximum Gasteiger partial charge on any atom is 0.124 e. The van der Waals surface area contributed by atoms with E-state index < -0.39 is 0 Å². The molecule has 0 aliphatic heterocycles. The average Bonchev–Trinajstić information content (AvgIpc) is 2.86. The van der Waals surface area contributed by atoms with Gasteiger partial charge in [0.1, 0.15) is 5.75 Å². The molecule has 5 heteroatoms. The second kappa shape index (κ2) is 5.99. The van der Waals surface area contributed by atoms with Crippen LogP contribution in [0.4, 0.5) is 5.69 Å². The van der Waals surface area contributed by atoms with E-state index in [0.717, 1.165) is 29.7 Å². The van der Waals surface area contributed by atoms with Gasteiger partial charge in [0.25, 0.3) is 0 Å². The summed E-state index contributed by atoms with van der Waals surface area (Å²) in [6, 6.07) is 2.12. The summed E-state index contributed by atoms with van der Waals surface area (Å²) in [5.74, 6) is 0.382.